The van der Waals surface area contributed by atoms with Crippen LogP contribution in [0.5, 0.6) is 0 Å². The number of fused-ring (bicyclic) bond motifs is 1. The molecule has 0 aliphatic rings. The summed E-state index contributed by atoms with van der Waals surface area (Å²) in [6, 6.07) is 5.75. The number of thiazole rings is 1. The Morgan fingerprint density at radius 2 is 2.06 bits per heavy atom. The number of nitrogens with two attached hydrogens (primary N) is 1. The highest BCUT2D eigenvalue weighted by Crippen LogP contribution is 2.34. The highest BCUT2D eigenvalue weighted by Gasteiger charge is 2.08. The van der Waals surface area contributed by atoms with E-state index in [0.717, 1.165) is 31.0 Å². The van der Waals surface area contributed by atoms with E-state index in [1.54, 1.807) is 23.7 Å². The van der Waals surface area contributed by atoms with Crippen molar-refractivity contribution in [1.82, 2.24) is 15.0 Å². The lowest BCUT2D eigenvalue weighted by atomic mass is 10.3. The zero-order valence-electron chi connectivity index (χ0n) is 9.62. The van der Waals surface area contributed by atoms with E-state index in [4.69, 9.17) is 5.73 Å². The first-order chi connectivity index (χ1) is 8.72. The number of nitrogen functional groups attached to an aromatic ring is 1. The Hall–Kier alpha value is -1.66. The predicted molar refractivity (Wildman–Crippen MR) is 74.9 cm³/mol. The van der Waals surface area contributed by atoms with Crippen LogP contribution in [-0.4, -0.2) is 15.0 Å². The molecule has 0 amide bonds. The van der Waals surface area contributed by atoms with Gasteiger partial charge < -0.3 is 5.73 Å². The van der Waals surface area contributed by atoms with Crippen molar-refractivity contribution in [2.24, 2.45) is 0 Å². The number of hydrogen-bond donors (Lipinski definition) is 1. The van der Waals surface area contributed by atoms with Gasteiger partial charge in [-0.1, -0.05) is 0 Å². The maximum atomic E-state index is 5.76. The molecule has 2 N–H and O–H groups in total. The summed E-state index contributed by atoms with van der Waals surface area (Å²) in [5, 5.41) is 0.893. The second kappa shape index (κ2) is 4.55. The van der Waals surface area contributed by atoms with E-state index in [0.29, 0.717) is 0 Å². The van der Waals surface area contributed by atoms with Gasteiger partial charge >= 0.3 is 0 Å². The molecule has 0 atom stereocenters. The van der Waals surface area contributed by atoms with Crippen molar-refractivity contribution in [2.75, 3.05) is 5.73 Å². The minimum absolute atomic E-state index is 0.762. The van der Waals surface area contributed by atoms with Crippen LogP contribution in [0.25, 0.3) is 10.2 Å². The molecule has 3 aromatic rings. The van der Waals surface area contributed by atoms with Crippen molar-refractivity contribution in [3.05, 3.63) is 36.3 Å². The largest absolute Gasteiger partial charge is 0.399 e. The zero-order valence-corrected chi connectivity index (χ0v) is 11.3. The van der Waals surface area contributed by atoms with Gasteiger partial charge in [-0.05, 0) is 36.9 Å². The molecular formula is C12H10N4S2. The summed E-state index contributed by atoms with van der Waals surface area (Å²) >= 11 is 3.16. The first-order valence-corrected chi connectivity index (χ1v) is 6.97. The summed E-state index contributed by atoms with van der Waals surface area (Å²) in [5.41, 5.74) is 8.41. The monoisotopic (exact) mass is 274 g/mol. The van der Waals surface area contributed by atoms with Crippen LogP contribution in [0.2, 0.25) is 0 Å². The van der Waals surface area contributed by atoms with Gasteiger partial charge in [0.15, 0.2) is 4.34 Å². The molecule has 90 valence electrons. The molecule has 3 rings (SSSR count). The fourth-order valence-electron chi connectivity index (χ4n) is 1.54. The van der Waals surface area contributed by atoms with E-state index in [2.05, 4.69) is 15.0 Å². The lowest BCUT2D eigenvalue weighted by molar-refractivity contribution is 0.985. The minimum Gasteiger partial charge on any atom is -0.399 e. The van der Waals surface area contributed by atoms with E-state index in [-0.39, 0.29) is 0 Å². The van der Waals surface area contributed by atoms with Gasteiger partial charge in [-0.3, -0.25) is 4.98 Å². The number of aromatic nitrogens is 3. The van der Waals surface area contributed by atoms with Gasteiger partial charge in [-0.2, -0.15) is 0 Å². The molecular weight excluding hydrogens is 264 g/mol. The average molecular weight is 274 g/mol. The summed E-state index contributed by atoms with van der Waals surface area (Å²) in [6.45, 7) is 1.95. The van der Waals surface area contributed by atoms with Gasteiger partial charge in [0, 0.05) is 18.1 Å². The lowest BCUT2D eigenvalue weighted by Gasteiger charge is -1.98. The highest BCUT2D eigenvalue weighted by atomic mass is 32.2. The van der Waals surface area contributed by atoms with Gasteiger partial charge in [-0.25, -0.2) is 9.97 Å². The van der Waals surface area contributed by atoms with Crippen molar-refractivity contribution in [2.45, 2.75) is 16.3 Å². The van der Waals surface area contributed by atoms with Crippen molar-refractivity contribution in [3.63, 3.8) is 0 Å². The first-order valence-electron chi connectivity index (χ1n) is 5.34. The molecule has 0 aliphatic carbocycles. The quantitative estimate of drug-likeness (QED) is 0.727. The molecule has 0 aliphatic heterocycles. The SMILES string of the molecule is Cc1nccnc1Sc1nc2ccc(N)cc2s1. The van der Waals surface area contributed by atoms with Gasteiger partial charge in [-0.15, -0.1) is 11.3 Å². The summed E-state index contributed by atoms with van der Waals surface area (Å²) in [5.74, 6) is 0. The topological polar surface area (TPSA) is 64.7 Å². The van der Waals surface area contributed by atoms with E-state index >= 15 is 0 Å². The molecule has 2 heterocycles. The standard InChI is InChI=1S/C12H10N4S2/c1-7-11(15-5-4-14-7)18-12-16-9-3-2-8(13)6-10(9)17-12/h2-6H,13H2,1H3. The second-order valence-corrected chi connectivity index (χ2v) is 6.02. The Labute approximate surface area is 112 Å². The maximum Gasteiger partial charge on any atom is 0.157 e. The second-order valence-electron chi connectivity index (χ2n) is 3.76. The van der Waals surface area contributed by atoms with Gasteiger partial charge in [0.2, 0.25) is 0 Å². The highest BCUT2D eigenvalue weighted by molar-refractivity contribution is 8.01. The third kappa shape index (κ3) is 2.16. The Balaban J connectivity index is 1.98. The van der Waals surface area contributed by atoms with Crippen LogP contribution in [0.1, 0.15) is 5.69 Å². The van der Waals surface area contributed by atoms with Crippen molar-refractivity contribution < 1.29 is 0 Å². The van der Waals surface area contributed by atoms with Crippen LogP contribution in [0.3, 0.4) is 0 Å². The smallest absolute Gasteiger partial charge is 0.157 e. The number of nitrogens with zero attached hydrogens (tertiary/aromatic N) is 3. The molecule has 0 saturated carbocycles. The Morgan fingerprint density at radius 3 is 2.89 bits per heavy atom. The van der Waals surface area contributed by atoms with Crippen LogP contribution in [0.4, 0.5) is 5.69 Å². The molecule has 0 bridgehead atoms. The van der Waals surface area contributed by atoms with E-state index in [1.165, 1.54) is 11.8 Å². The first kappa shape index (κ1) is 11.4. The van der Waals surface area contributed by atoms with Crippen molar-refractivity contribution in [1.29, 1.82) is 0 Å². The Kier molecular flexibility index (Phi) is 2.89. The Bertz CT molecular complexity index is 708. The summed E-state index contributed by atoms with van der Waals surface area (Å²) in [4.78, 5) is 13.1. The van der Waals surface area contributed by atoms with Crippen LogP contribution < -0.4 is 5.73 Å². The van der Waals surface area contributed by atoms with E-state index < -0.39 is 0 Å². The maximum absolute atomic E-state index is 5.76. The third-order valence-corrected chi connectivity index (χ3v) is 4.59. The number of aryl methyl sites for hydroxylation is 1. The minimum atomic E-state index is 0.762. The fourth-order valence-corrected chi connectivity index (χ4v) is 3.58. The molecule has 1 aromatic carbocycles. The normalized spacial score (nSPS) is 10.9. The van der Waals surface area contributed by atoms with Gasteiger partial charge in [0.05, 0.1) is 15.9 Å². The lowest BCUT2D eigenvalue weighted by Crippen LogP contribution is -1.87. The molecule has 18 heavy (non-hydrogen) atoms. The summed E-state index contributed by atoms with van der Waals surface area (Å²) in [6.07, 6.45) is 3.39. The van der Waals surface area contributed by atoms with Crippen LogP contribution >= 0.6 is 23.1 Å². The third-order valence-electron chi connectivity index (χ3n) is 2.41. The molecule has 0 spiro atoms. The zero-order chi connectivity index (χ0) is 12.5. The van der Waals surface area contributed by atoms with Crippen molar-refractivity contribution >= 4 is 39.0 Å². The fraction of sp³-hybridized carbons (Fsp3) is 0.0833. The molecule has 0 unspecified atom stereocenters. The van der Waals surface area contributed by atoms with Crippen LogP contribution in [0.15, 0.2) is 40.0 Å². The molecule has 0 radical (unpaired) electrons. The molecule has 0 saturated heterocycles. The predicted octanol–water partition coefficient (Wildman–Crippen LogP) is 3.13. The number of rotatable bonds is 2. The molecule has 0 fully saturated rings. The molecule has 6 heteroatoms. The molecule has 4 nitrogen and oxygen atoms in total. The van der Waals surface area contributed by atoms with Gasteiger partial charge in [0.25, 0.3) is 0 Å². The van der Waals surface area contributed by atoms with Crippen LogP contribution in [0, 0.1) is 6.92 Å². The molecule has 2 aromatic heterocycles. The van der Waals surface area contributed by atoms with Crippen LogP contribution in [-0.2, 0) is 0 Å². The van der Waals surface area contributed by atoms with Gasteiger partial charge in [0.1, 0.15) is 5.03 Å². The summed E-state index contributed by atoms with van der Waals surface area (Å²) < 4.78 is 2.05. The van der Waals surface area contributed by atoms with E-state index in [9.17, 15) is 0 Å². The Morgan fingerprint density at radius 1 is 1.22 bits per heavy atom. The number of benzene rings is 1. The van der Waals surface area contributed by atoms with Crippen molar-refractivity contribution in [3.8, 4) is 0 Å². The average Bonchev–Trinajstić information content (AvgIpc) is 2.73. The van der Waals surface area contributed by atoms with E-state index in [1.807, 2.05) is 25.1 Å². The number of hydrogen-bond acceptors (Lipinski definition) is 6. The number of anilines is 1. The summed E-state index contributed by atoms with van der Waals surface area (Å²) in [7, 11) is 0.